The summed E-state index contributed by atoms with van der Waals surface area (Å²) in [5.41, 5.74) is 11.9. The maximum absolute atomic E-state index is 12.0. The number of rotatable bonds is 9. The monoisotopic (exact) mass is 413 g/mol. The van der Waals surface area contributed by atoms with Gasteiger partial charge in [-0.2, -0.15) is 0 Å². The third kappa shape index (κ3) is 5.90. The molecule has 30 heavy (non-hydrogen) atoms. The Morgan fingerprint density at radius 3 is 2.23 bits per heavy atom. The molecule has 0 unspecified atom stereocenters. The second-order valence-corrected chi connectivity index (χ2v) is 7.45. The van der Waals surface area contributed by atoms with Crippen molar-refractivity contribution >= 4 is 35.0 Å². The summed E-state index contributed by atoms with van der Waals surface area (Å²) in [6.45, 7) is 3.94. The van der Waals surface area contributed by atoms with Gasteiger partial charge in [-0.3, -0.25) is 14.4 Å². The summed E-state index contributed by atoms with van der Waals surface area (Å²) < 4.78 is 0. The Kier molecular flexibility index (Phi) is 7.29. The van der Waals surface area contributed by atoms with Crippen LogP contribution in [0.4, 0.5) is 17.3 Å². The fourth-order valence-electron chi connectivity index (χ4n) is 2.71. The third-order valence-corrected chi connectivity index (χ3v) is 4.18. The average Bonchev–Trinajstić information content (AvgIpc) is 2.67. The van der Waals surface area contributed by atoms with Crippen LogP contribution >= 0.6 is 0 Å². The Morgan fingerprint density at radius 1 is 1.10 bits per heavy atom. The zero-order valence-corrected chi connectivity index (χ0v) is 17.5. The maximum atomic E-state index is 12.0. The molecule has 10 heteroatoms. The largest absolute Gasteiger partial charge is 0.368 e. The van der Waals surface area contributed by atoms with Gasteiger partial charge in [0, 0.05) is 25.3 Å². The number of nitrogens with zero attached hydrogens (tertiary/aromatic N) is 3. The van der Waals surface area contributed by atoms with Gasteiger partial charge in [0.2, 0.25) is 5.91 Å². The molecular formula is C20H27N7O3. The lowest BCUT2D eigenvalue weighted by atomic mass is 10.0. The summed E-state index contributed by atoms with van der Waals surface area (Å²) in [6, 6.07) is 6.01. The van der Waals surface area contributed by atoms with Gasteiger partial charge in [-0.25, -0.2) is 9.97 Å². The van der Waals surface area contributed by atoms with Gasteiger partial charge in [-0.05, 0) is 36.6 Å². The lowest BCUT2D eigenvalue weighted by Gasteiger charge is -2.19. The van der Waals surface area contributed by atoms with E-state index in [1.807, 2.05) is 13.8 Å². The fraction of sp³-hybridized carbons (Fsp3) is 0.350. The van der Waals surface area contributed by atoms with E-state index in [-0.39, 0.29) is 29.2 Å². The zero-order valence-electron chi connectivity index (χ0n) is 17.5. The van der Waals surface area contributed by atoms with E-state index in [2.05, 4.69) is 20.6 Å². The molecule has 0 spiro atoms. The quantitative estimate of drug-likeness (QED) is 0.483. The van der Waals surface area contributed by atoms with Crippen molar-refractivity contribution in [1.82, 2.24) is 14.9 Å². The fourth-order valence-corrected chi connectivity index (χ4v) is 2.71. The Hall–Kier alpha value is -3.69. The van der Waals surface area contributed by atoms with Crippen LogP contribution in [0, 0.1) is 5.92 Å². The van der Waals surface area contributed by atoms with Crippen molar-refractivity contribution < 1.29 is 14.4 Å². The molecule has 10 nitrogen and oxygen atoms in total. The van der Waals surface area contributed by atoms with Gasteiger partial charge in [-0.1, -0.05) is 13.8 Å². The van der Waals surface area contributed by atoms with E-state index in [4.69, 9.17) is 11.5 Å². The number of anilines is 3. The molecule has 0 aliphatic rings. The van der Waals surface area contributed by atoms with Crippen LogP contribution in [0.2, 0.25) is 0 Å². The van der Waals surface area contributed by atoms with Crippen LogP contribution in [0.15, 0.2) is 30.5 Å². The van der Waals surface area contributed by atoms with E-state index in [1.165, 1.54) is 11.1 Å². The molecule has 1 atom stereocenters. The molecule has 1 heterocycles. The van der Waals surface area contributed by atoms with Crippen LogP contribution in [0.5, 0.6) is 0 Å². The minimum atomic E-state index is -0.760. The molecule has 2 rings (SSSR count). The van der Waals surface area contributed by atoms with Crippen LogP contribution < -0.4 is 22.1 Å². The highest BCUT2D eigenvalue weighted by molar-refractivity contribution is 5.97. The normalized spacial score (nSPS) is 11.6. The van der Waals surface area contributed by atoms with Crippen molar-refractivity contribution in [2.75, 3.05) is 24.7 Å². The lowest BCUT2D eigenvalue weighted by Crippen LogP contribution is -2.37. The van der Waals surface area contributed by atoms with Crippen molar-refractivity contribution in [1.29, 1.82) is 0 Å². The first kappa shape index (κ1) is 22.6. The average molecular weight is 413 g/mol. The van der Waals surface area contributed by atoms with Crippen molar-refractivity contribution in [3.63, 3.8) is 0 Å². The molecule has 0 saturated heterocycles. The Morgan fingerprint density at radius 2 is 1.73 bits per heavy atom. The van der Waals surface area contributed by atoms with Crippen LogP contribution in [0.25, 0.3) is 0 Å². The van der Waals surface area contributed by atoms with Crippen LogP contribution in [0.3, 0.4) is 0 Å². The number of nitrogens with two attached hydrogens (primary N) is 2. The third-order valence-electron chi connectivity index (χ3n) is 4.18. The molecule has 1 aromatic carbocycles. The summed E-state index contributed by atoms with van der Waals surface area (Å²) in [4.78, 5) is 45.3. The second-order valence-electron chi connectivity index (χ2n) is 7.45. The van der Waals surface area contributed by atoms with E-state index in [0.717, 1.165) is 0 Å². The standard InChI is InChI=1S/C20H27N7O3/c1-11(2)9-14(17(21)28)25-15-10-23-16(18(22)29)19(26-15)24-13-7-5-12(6-8-13)20(30)27(3)4/h5-8,10-11,14H,9H2,1-4H3,(H2,21,28)(H2,22,29)(H2,24,25,26)/t14-/m1/s1. The number of amides is 3. The van der Waals surface area contributed by atoms with Gasteiger partial charge < -0.3 is 27.0 Å². The first-order valence-electron chi connectivity index (χ1n) is 9.40. The molecule has 0 saturated carbocycles. The van der Waals surface area contributed by atoms with E-state index in [9.17, 15) is 14.4 Å². The van der Waals surface area contributed by atoms with Gasteiger partial charge in [0.15, 0.2) is 11.5 Å². The maximum Gasteiger partial charge on any atom is 0.271 e. The highest BCUT2D eigenvalue weighted by Gasteiger charge is 2.19. The molecule has 0 bridgehead atoms. The smallest absolute Gasteiger partial charge is 0.271 e. The predicted octanol–water partition coefficient (Wildman–Crippen LogP) is 1.33. The van der Waals surface area contributed by atoms with Gasteiger partial charge in [0.1, 0.15) is 11.9 Å². The SMILES string of the molecule is CC(C)C[C@@H](Nc1cnc(C(N)=O)c(Nc2ccc(C(=O)N(C)C)cc2)n1)C(N)=O. The number of hydrogen-bond acceptors (Lipinski definition) is 7. The molecule has 3 amide bonds. The van der Waals surface area contributed by atoms with Crippen LogP contribution in [0.1, 0.15) is 41.1 Å². The van der Waals surface area contributed by atoms with Crippen molar-refractivity contribution in [2.45, 2.75) is 26.3 Å². The first-order chi connectivity index (χ1) is 14.1. The Labute approximate surface area is 175 Å². The summed E-state index contributed by atoms with van der Waals surface area (Å²) >= 11 is 0. The minimum Gasteiger partial charge on any atom is -0.368 e. The molecular weight excluding hydrogens is 386 g/mol. The molecule has 1 aromatic heterocycles. The second kappa shape index (κ2) is 9.68. The number of aromatic nitrogens is 2. The summed E-state index contributed by atoms with van der Waals surface area (Å²) in [5, 5.41) is 5.93. The van der Waals surface area contributed by atoms with E-state index < -0.39 is 17.9 Å². The molecule has 2 aromatic rings. The Bertz CT molecular complexity index is 926. The van der Waals surface area contributed by atoms with Crippen molar-refractivity contribution in [2.24, 2.45) is 17.4 Å². The lowest BCUT2D eigenvalue weighted by molar-refractivity contribution is -0.119. The van der Waals surface area contributed by atoms with Gasteiger partial charge in [-0.15, -0.1) is 0 Å². The highest BCUT2D eigenvalue weighted by atomic mass is 16.2. The summed E-state index contributed by atoms with van der Waals surface area (Å²) in [5.74, 6) is -0.787. The van der Waals surface area contributed by atoms with Gasteiger partial charge in [0.25, 0.3) is 11.8 Å². The van der Waals surface area contributed by atoms with Gasteiger partial charge in [0.05, 0.1) is 6.20 Å². The highest BCUT2D eigenvalue weighted by Crippen LogP contribution is 2.21. The van der Waals surface area contributed by atoms with Crippen LogP contribution in [-0.4, -0.2) is 52.7 Å². The minimum absolute atomic E-state index is 0.0616. The summed E-state index contributed by atoms with van der Waals surface area (Å²) in [7, 11) is 3.33. The molecule has 6 N–H and O–H groups in total. The zero-order chi connectivity index (χ0) is 22.4. The van der Waals surface area contributed by atoms with E-state index in [0.29, 0.717) is 17.7 Å². The number of carbonyl (C=O) groups is 3. The topological polar surface area (TPSA) is 156 Å². The first-order valence-corrected chi connectivity index (χ1v) is 9.40. The molecule has 160 valence electrons. The van der Waals surface area contributed by atoms with E-state index in [1.54, 1.807) is 38.4 Å². The van der Waals surface area contributed by atoms with Crippen LogP contribution in [-0.2, 0) is 4.79 Å². The number of carbonyl (C=O) groups excluding carboxylic acids is 3. The molecule has 0 aliphatic carbocycles. The number of nitrogens with one attached hydrogen (secondary N) is 2. The predicted molar refractivity (Wildman–Crippen MR) is 114 cm³/mol. The summed E-state index contributed by atoms with van der Waals surface area (Å²) in [6.07, 6.45) is 1.83. The molecule has 0 fully saturated rings. The number of hydrogen-bond donors (Lipinski definition) is 4. The van der Waals surface area contributed by atoms with Crippen molar-refractivity contribution in [3.8, 4) is 0 Å². The van der Waals surface area contributed by atoms with E-state index >= 15 is 0 Å². The number of primary amides is 2. The molecule has 0 radical (unpaired) electrons. The Balaban J connectivity index is 2.29. The molecule has 0 aliphatic heterocycles. The van der Waals surface area contributed by atoms with Gasteiger partial charge >= 0.3 is 0 Å². The number of benzene rings is 1. The van der Waals surface area contributed by atoms with Crippen molar-refractivity contribution in [3.05, 3.63) is 41.7 Å².